The van der Waals surface area contributed by atoms with Gasteiger partial charge in [0.2, 0.25) is 0 Å². The molecular formula is C36H44N2O5. The molecule has 0 fully saturated rings. The van der Waals surface area contributed by atoms with E-state index in [0.29, 0.717) is 11.8 Å². The minimum Gasteiger partial charge on any atom is -0.481 e. The normalized spacial score (nSPS) is 12.8. The third kappa shape index (κ3) is 9.24. The predicted molar refractivity (Wildman–Crippen MR) is 170 cm³/mol. The summed E-state index contributed by atoms with van der Waals surface area (Å²) in [6.07, 6.45) is 10.1. The maximum atomic E-state index is 10.8. The van der Waals surface area contributed by atoms with Crippen molar-refractivity contribution in [1.82, 2.24) is 10.3 Å². The molecule has 0 aliphatic carbocycles. The van der Waals surface area contributed by atoms with Crippen molar-refractivity contribution in [3.05, 3.63) is 71.8 Å². The average molecular weight is 585 g/mol. The Morgan fingerprint density at radius 2 is 1.02 bits per heavy atom. The van der Waals surface area contributed by atoms with Crippen molar-refractivity contribution < 1.29 is 24.4 Å². The molecule has 0 aliphatic rings. The van der Waals surface area contributed by atoms with Gasteiger partial charge in [-0.05, 0) is 70.1 Å². The highest BCUT2D eigenvalue weighted by Gasteiger charge is 2.16. The smallest absolute Gasteiger partial charge is 0.303 e. The van der Waals surface area contributed by atoms with Crippen molar-refractivity contribution in [2.45, 2.75) is 90.9 Å². The topological polar surface area (TPSA) is 114 Å². The van der Waals surface area contributed by atoms with Crippen molar-refractivity contribution in [3.63, 3.8) is 0 Å². The second kappa shape index (κ2) is 16.0. The van der Waals surface area contributed by atoms with Crippen molar-refractivity contribution in [3.8, 4) is 22.3 Å². The summed E-state index contributed by atoms with van der Waals surface area (Å²) in [5, 5.41) is 26.3. The second-order valence-electron chi connectivity index (χ2n) is 11.8. The fraction of sp³-hybridized carbons (Fsp3) is 0.444. The molecule has 2 atom stereocenters. The first-order valence-electron chi connectivity index (χ1n) is 15.7. The van der Waals surface area contributed by atoms with Gasteiger partial charge in [-0.15, -0.1) is 0 Å². The van der Waals surface area contributed by atoms with Gasteiger partial charge in [-0.25, -0.2) is 4.63 Å². The van der Waals surface area contributed by atoms with Crippen LogP contribution in [0.1, 0.15) is 89.2 Å². The molecule has 2 unspecified atom stereocenters. The van der Waals surface area contributed by atoms with Gasteiger partial charge in [0.25, 0.3) is 0 Å². The zero-order valence-electron chi connectivity index (χ0n) is 25.4. The van der Waals surface area contributed by atoms with Gasteiger partial charge in [-0.3, -0.25) is 9.59 Å². The van der Waals surface area contributed by atoms with E-state index in [4.69, 9.17) is 14.8 Å². The molecule has 1 heterocycles. The van der Waals surface area contributed by atoms with Crippen molar-refractivity contribution in [2.75, 3.05) is 0 Å². The van der Waals surface area contributed by atoms with Crippen LogP contribution in [0.5, 0.6) is 0 Å². The van der Waals surface area contributed by atoms with E-state index in [-0.39, 0.29) is 12.8 Å². The van der Waals surface area contributed by atoms with Crippen LogP contribution in [0.3, 0.4) is 0 Å². The lowest BCUT2D eigenvalue weighted by Gasteiger charge is -2.15. The van der Waals surface area contributed by atoms with Gasteiger partial charge in [-0.1, -0.05) is 113 Å². The Kier molecular flexibility index (Phi) is 11.9. The van der Waals surface area contributed by atoms with Gasteiger partial charge in [0.1, 0.15) is 11.0 Å². The summed E-state index contributed by atoms with van der Waals surface area (Å²) in [4.78, 5) is 21.6. The molecule has 0 bridgehead atoms. The third-order valence-corrected chi connectivity index (χ3v) is 8.65. The first kappa shape index (κ1) is 31.9. The predicted octanol–water partition coefficient (Wildman–Crippen LogP) is 8.98. The van der Waals surface area contributed by atoms with Crippen molar-refractivity contribution in [2.24, 2.45) is 11.8 Å². The van der Waals surface area contributed by atoms with E-state index in [2.05, 4.69) is 84.8 Å². The number of benzene rings is 3. The summed E-state index contributed by atoms with van der Waals surface area (Å²) in [5.41, 5.74) is 8.15. The molecule has 43 heavy (non-hydrogen) atoms. The van der Waals surface area contributed by atoms with Crippen molar-refractivity contribution >= 4 is 23.0 Å². The number of hydrogen-bond acceptors (Lipinski definition) is 5. The van der Waals surface area contributed by atoms with E-state index in [0.717, 1.165) is 97.5 Å². The van der Waals surface area contributed by atoms with Crippen LogP contribution in [-0.2, 0) is 22.4 Å². The number of hydrogen-bond donors (Lipinski definition) is 2. The van der Waals surface area contributed by atoms with E-state index in [1.165, 1.54) is 11.1 Å². The van der Waals surface area contributed by atoms with Crippen molar-refractivity contribution in [1.29, 1.82) is 0 Å². The Morgan fingerprint density at radius 1 is 0.628 bits per heavy atom. The van der Waals surface area contributed by atoms with Gasteiger partial charge < -0.3 is 10.2 Å². The third-order valence-electron chi connectivity index (χ3n) is 8.65. The SMILES string of the molecule is CCC(CCCCC(=O)O)Cc1ccc(-c2ccc(-c3ccc(CC(CC)CCCCC(=O)O)cc3)c3nonc23)cc1. The van der Waals surface area contributed by atoms with Gasteiger partial charge in [-0.2, -0.15) is 0 Å². The maximum Gasteiger partial charge on any atom is 0.303 e. The van der Waals surface area contributed by atoms with Crippen LogP contribution in [0.4, 0.5) is 0 Å². The van der Waals surface area contributed by atoms with E-state index < -0.39 is 11.9 Å². The summed E-state index contributed by atoms with van der Waals surface area (Å²) in [5.74, 6) is -0.335. The molecule has 4 aromatic rings. The molecule has 1 aromatic heterocycles. The zero-order valence-corrected chi connectivity index (χ0v) is 25.4. The monoisotopic (exact) mass is 584 g/mol. The van der Waals surface area contributed by atoms with Crippen LogP contribution in [0.2, 0.25) is 0 Å². The Morgan fingerprint density at radius 3 is 1.37 bits per heavy atom. The molecule has 0 saturated heterocycles. The number of aliphatic carboxylic acids is 2. The number of carboxylic acid groups (broad SMARTS) is 2. The molecule has 7 heteroatoms. The van der Waals surface area contributed by atoms with E-state index in [9.17, 15) is 9.59 Å². The highest BCUT2D eigenvalue weighted by Crippen LogP contribution is 2.34. The highest BCUT2D eigenvalue weighted by atomic mass is 16.6. The Bertz CT molecular complexity index is 1350. The minimum absolute atomic E-state index is 0.249. The average Bonchev–Trinajstić information content (AvgIpc) is 3.50. The number of nitrogens with zero attached hydrogens (tertiary/aromatic N) is 2. The number of unbranched alkanes of at least 4 members (excludes halogenated alkanes) is 2. The Hall–Kier alpha value is -4.00. The fourth-order valence-electron chi connectivity index (χ4n) is 5.96. The molecule has 4 rings (SSSR count). The van der Waals surface area contributed by atoms with Crippen LogP contribution >= 0.6 is 0 Å². The van der Waals surface area contributed by atoms with Gasteiger partial charge in [0, 0.05) is 24.0 Å². The van der Waals surface area contributed by atoms with Crippen LogP contribution in [-0.4, -0.2) is 32.5 Å². The Labute approximate surface area is 254 Å². The second-order valence-corrected chi connectivity index (χ2v) is 11.8. The lowest BCUT2D eigenvalue weighted by atomic mass is 9.90. The first-order valence-corrected chi connectivity index (χ1v) is 15.7. The molecule has 2 N–H and O–H groups in total. The van der Waals surface area contributed by atoms with E-state index in [1.54, 1.807) is 0 Å². The van der Waals surface area contributed by atoms with E-state index in [1.807, 2.05) is 0 Å². The zero-order chi connectivity index (χ0) is 30.6. The van der Waals surface area contributed by atoms with Crippen LogP contribution in [0.25, 0.3) is 33.3 Å². The Balaban J connectivity index is 1.41. The molecule has 7 nitrogen and oxygen atoms in total. The molecule has 228 valence electrons. The fourth-order valence-corrected chi connectivity index (χ4v) is 5.96. The largest absolute Gasteiger partial charge is 0.481 e. The number of carboxylic acids is 2. The quantitative estimate of drug-likeness (QED) is 0.112. The van der Waals surface area contributed by atoms with Gasteiger partial charge >= 0.3 is 11.9 Å². The molecule has 3 aromatic carbocycles. The maximum absolute atomic E-state index is 10.8. The molecule has 0 radical (unpaired) electrons. The first-order chi connectivity index (χ1) is 20.9. The standard InChI is InChI=1S/C36H44N2O5/c1-3-25(9-5-7-11-33(39)40)23-27-13-17-29(18-14-27)31-21-22-32(36-35(31)37-43-38-36)30-19-15-28(16-20-30)24-26(4-2)10-6-8-12-34(41)42/h13-22,25-26H,3-12,23-24H2,1-2H3,(H,39,40)(H,41,42). The number of rotatable bonds is 18. The lowest BCUT2D eigenvalue weighted by Crippen LogP contribution is -2.04. The number of fused-ring (bicyclic) bond motifs is 1. The van der Waals surface area contributed by atoms with Crippen LogP contribution < -0.4 is 0 Å². The molecule has 0 aliphatic heterocycles. The van der Waals surface area contributed by atoms with Gasteiger partial charge in [0.05, 0.1) is 0 Å². The molecular weight excluding hydrogens is 540 g/mol. The lowest BCUT2D eigenvalue weighted by molar-refractivity contribution is -0.138. The summed E-state index contributed by atoms with van der Waals surface area (Å²) in [6, 6.07) is 21.4. The van der Waals surface area contributed by atoms with Gasteiger partial charge in [0.15, 0.2) is 0 Å². The molecule has 0 saturated carbocycles. The highest BCUT2D eigenvalue weighted by molar-refractivity contribution is 6.00. The number of aromatic nitrogens is 2. The van der Waals surface area contributed by atoms with E-state index >= 15 is 0 Å². The summed E-state index contributed by atoms with van der Waals surface area (Å²) in [6.45, 7) is 4.41. The van der Waals surface area contributed by atoms with Crippen LogP contribution in [0, 0.1) is 11.8 Å². The molecule has 0 spiro atoms. The minimum atomic E-state index is -0.717. The van der Waals surface area contributed by atoms with Crippen LogP contribution in [0.15, 0.2) is 65.3 Å². The molecule has 0 amide bonds. The summed E-state index contributed by atoms with van der Waals surface area (Å²) < 4.78 is 5.22. The number of carbonyl (C=O) groups is 2. The summed E-state index contributed by atoms with van der Waals surface area (Å²) in [7, 11) is 0. The summed E-state index contributed by atoms with van der Waals surface area (Å²) >= 11 is 0.